The highest BCUT2D eigenvalue weighted by Gasteiger charge is 2.04. The smallest absolute Gasteiger partial charge is 0.234 e. The Bertz CT molecular complexity index is 382. The highest BCUT2D eigenvalue weighted by Crippen LogP contribution is 2.10. The van der Waals surface area contributed by atoms with Crippen LogP contribution in [0.2, 0.25) is 5.02 Å². The van der Waals surface area contributed by atoms with Crippen LogP contribution in [-0.4, -0.2) is 25.0 Å². The highest BCUT2D eigenvalue weighted by atomic mass is 35.5. The maximum absolute atomic E-state index is 11.5. The Morgan fingerprint density at radius 1 is 1.44 bits per heavy atom. The zero-order valence-corrected chi connectivity index (χ0v) is 11.8. The summed E-state index contributed by atoms with van der Waals surface area (Å²) in [4.78, 5) is 11.5. The summed E-state index contributed by atoms with van der Waals surface area (Å²) >= 11 is 5.90. The number of hydrogen-bond acceptors (Lipinski definition) is 2. The van der Waals surface area contributed by atoms with Gasteiger partial charge in [0.1, 0.15) is 0 Å². The van der Waals surface area contributed by atoms with Gasteiger partial charge in [0.05, 0.1) is 6.54 Å². The molecule has 1 amide bonds. The van der Waals surface area contributed by atoms with Crippen LogP contribution in [0.5, 0.6) is 0 Å². The molecule has 0 aromatic heterocycles. The van der Waals surface area contributed by atoms with Crippen LogP contribution in [0.3, 0.4) is 0 Å². The Kier molecular flexibility index (Phi) is 6.76. The van der Waals surface area contributed by atoms with Crippen LogP contribution >= 0.6 is 11.6 Å². The number of rotatable bonds is 7. The van der Waals surface area contributed by atoms with Gasteiger partial charge in [-0.2, -0.15) is 0 Å². The van der Waals surface area contributed by atoms with Crippen LogP contribution < -0.4 is 10.6 Å². The molecule has 0 fully saturated rings. The normalized spacial score (nSPS) is 12.2. The molecule has 0 saturated heterocycles. The lowest BCUT2D eigenvalue weighted by Gasteiger charge is -2.11. The van der Waals surface area contributed by atoms with E-state index >= 15 is 0 Å². The first kappa shape index (κ1) is 15.0. The van der Waals surface area contributed by atoms with Gasteiger partial charge in [-0.15, -0.1) is 0 Å². The lowest BCUT2D eigenvalue weighted by atomic mass is 10.1. The van der Waals surface area contributed by atoms with Crippen LogP contribution in [0.15, 0.2) is 24.3 Å². The van der Waals surface area contributed by atoms with Gasteiger partial charge in [-0.25, -0.2) is 0 Å². The van der Waals surface area contributed by atoms with Crippen molar-refractivity contribution in [3.05, 3.63) is 34.9 Å². The molecule has 1 atom stereocenters. The zero-order chi connectivity index (χ0) is 13.4. The van der Waals surface area contributed by atoms with Gasteiger partial charge in [-0.1, -0.05) is 30.7 Å². The zero-order valence-electron chi connectivity index (χ0n) is 11.0. The van der Waals surface area contributed by atoms with Crippen molar-refractivity contribution in [3.63, 3.8) is 0 Å². The molecular weight excluding hydrogens is 248 g/mol. The van der Waals surface area contributed by atoms with E-state index in [1.807, 2.05) is 31.2 Å². The number of carbonyl (C=O) groups excluding carboxylic acids is 1. The van der Waals surface area contributed by atoms with Crippen LogP contribution in [0.4, 0.5) is 0 Å². The number of hydrogen-bond donors (Lipinski definition) is 2. The average Bonchev–Trinajstić information content (AvgIpc) is 2.34. The Labute approximate surface area is 114 Å². The topological polar surface area (TPSA) is 41.1 Å². The van der Waals surface area contributed by atoms with E-state index in [9.17, 15) is 4.79 Å². The van der Waals surface area contributed by atoms with E-state index in [0.717, 1.165) is 24.4 Å². The summed E-state index contributed by atoms with van der Waals surface area (Å²) in [6.07, 6.45) is 1.82. The fraction of sp³-hybridized carbons (Fsp3) is 0.500. The van der Waals surface area contributed by atoms with Crippen molar-refractivity contribution in [1.82, 2.24) is 10.6 Å². The molecule has 0 spiro atoms. The van der Waals surface area contributed by atoms with Crippen molar-refractivity contribution >= 4 is 17.5 Å². The minimum Gasteiger partial charge on any atom is -0.353 e. The van der Waals surface area contributed by atoms with Gasteiger partial charge in [-0.05, 0) is 44.0 Å². The molecule has 0 aliphatic rings. The van der Waals surface area contributed by atoms with Gasteiger partial charge in [0, 0.05) is 11.1 Å². The van der Waals surface area contributed by atoms with Crippen molar-refractivity contribution in [2.75, 3.05) is 13.1 Å². The molecular formula is C14H21ClN2O. The predicted octanol–water partition coefficient (Wildman–Crippen LogP) is 2.39. The Morgan fingerprint density at radius 3 is 2.89 bits per heavy atom. The molecule has 0 heterocycles. The SMILES string of the molecule is CCC(C)NC(=O)CNCCc1cccc(Cl)c1. The Hall–Kier alpha value is -1.06. The lowest BCUT2D eigenvalue weighted by molar-refractivity contribution is -0.120. The Balaban J connectivity index is 2.17. The third-order valence-corrected chi connectivity index (χ3v) is 3.02. The summed E-state index contributed by atoms with van der Waals surface area (Å²) in [6.45, 7) is 5.20. The summed E-state index contributed by atoms with van der Waals surface area (Å²) in [5, 5.41) is 6.79. The molecule has 0 radical (unpaired) electrons. The van der Waals surface area contributed by atoms with Gasteiger partial charge in [0.2, 0.25) is 5.91 Å². The molecule has 1 unspecified atom stereocenters. The van der Waals surface area contributed by atoms with Gasteiger partial charge >= 0.3 is 0 Å². The molecule has 3 nitrogen and oxygen atoms in total. The molecule has 1 rings (SSSR count). The predicted molar refractivity (Wildman–Crippen MR) is 75.9 cm³/mol. The second-order valence-electron chi connectivity index (χ2n) is 4.43. The third-order valence-electron chi connectivity index (χ3n) is 2.78. The van der Waals surface area contributed by atoms with Crippen LogP contribution in [-0.2, 0) is 11.2 Å². The summed E-state index contributed by atoms with van der Waals surface area (Å²) < 4.78 is 0. The van der Waals surface area contributed by atoms with Gasteiger partial charge in [0.25, 0.3) is 0 Å². The van der Waals surface area contributed by atoms with E-state index in [1.54, 1.807) is 0 Å². The van der Waals surface area contributed by atoms with E-state index in [-0.39, 0.29) is 11.9 Å². The van der Waals surface area contributed by atoms with E-state index < -0.39 is 0 Å². The number of nitrogens with one attached hydrogen (secondary N) is 2. The van der Waals surface area contributed by atoms with Gasteiger partial charge in [-0.3, -0.25) is 4.79 Å². The Morgan fingerprint density at radius 2 is 2.22 bits per heavy atom. The molecule has 0 saturated carbocycles. The van der Waals surface area contributed by atoms with Gasteiger partial charge < -0.3 is 10.6 Å². The second kappa shape index (κ2) is 8.11. The summed E-state index contributed by atoms with van der Waals surface area (Å²) in [7, 11) is 0. The van der Waals surface area contributed by atoms with E-state index in [1.165, 1.54) is 5.56 Å². The van der Waals surface area contributed by atoms with E-state index in [2.05, 4.69) is 17.6 Å². The number of carbonyl (C=O) groups is 1. The quantitative estimate of drug-likeness (QED) is 0.746. The largest absolute Gasteiger partial charge is 0.353 e. The number of benzene rings is 1. The summed E-state index contributed by atoms with van der Waals surface area (Å²) in [5.74, 6) is 0.0513. The summed E-state index contributed by atoms with van der Waals surface area (Å²) in [5.41, 5.74) is 1.18. The first-order valence-corrected chi connectivity index (χ1v) is 6.74. The second-order valence-corrected chi connectivity index (χ2v) is 4.87. The molecule has 0 bridgehead atoms. The van der Waals surface area contributed by atoms with Crippen molar-refractivity contribution in [3.8, 4) is 0 Å². The average molecular weight is 269 g/mol. The summed E-state index contributed by atoms with van der Waals surface area (Å²) in [6, 6.07) is 8.02. The van der Waals surface area contributed by atoms with E-state index in [4.69, 9.17) is 11.6 Å². The maximum atomic E-state index is 11.5. The highest BCUT2D eigenvalue weighted by molar-refractivity contribution is 6.30. The molecule has 4 heteroatoms. The first-order chi connectivity index (χ1) is 8.61. The lowest BCUT2D eigenvalue weighted by Crippen LogP contribution is -2.39. The molecule has 0 aliphatic carbocycles. The fourth-order valence-corrected chi connectivity index (χ4v) is 1.77. The van der Waals surface area contributed by atoms with Crippen molar-refractivity contribution in [2.24, 2.45) is 0 Å². The van der Waals surface area contributed by atoms with Crippen LogP contribution in [0.25, 0.3) is 0 Å². The van der Waals surface area contributed by atoms with Crippen LogP contribution in [0, 0.1) is 0 Å². The minimum atomic E-state index is 0.0513. The van der Waals surface area contributed by atoms with Crippen LogP contribution in [0.1, 0.15) is 25.8 Å². The monoisotopic (exact) mass is 268 g/mol. The molecule has 0 aliphatic heterocycles. The molecule has 18 heavy (non-hydrogen) atoms. The molecule has 100 valence electrons. The standard InChI is InChI=1S/C14H21ClN2O/c1-3-11(2)17-14(18)10-16-8-7-12-5-4-6-13(15)9-12/h4-6,9,11,16H,3,7-8,10H2,1-2H3,(H,17,18). The minimum absolute atomic E-state index is 0.0513. The third kappa shape index (κ3) is 6.03. The first-order valence-electron chi connectivity index (χ1n) is 6.36. The molecule has 1 aromatic carbocycles. The van der Waals surface area contributed by atoms with Crippen molar-refractivity contribution in [1.29, 1.82) is 0 Å². The maximum Gasteiger partial charge on any atom is 0.234 e. The van der Waals surface area contributed by atoms with Crippen molar-refractivity contribution < 1.29 is 4.79 Å². The van der Waals surface area contributed by atoms with Gasteiger partial charge in [0.15, 0.2) is 0 Å². The molecule has 1 aromatic rings. The molecule has 2 N–H and O–H groups in total. The number of amides is 1. The van der Waals surface area contributed by atoms with Crippen molar-refractivity contribution in [2.45, 2.75) is 32.7 Å². The van der Waals surface area contributed by atoms with E-state index in [0.29, 0.717) is 6.54 Å². The number of halogens is 1. The fourth-order valence-electron chi connectivity index (χ4n) is 1.56.